The highest BCUT2D eigenvalue weighted by atomic mass is 16.5. The lowest BCUT2D eigenvalue weighted by atomic mass is 9.85. The number of aliphatic imine (C=N–C) groups is 1. The number of anilines is 1. The van der Waals surface area contributed by atoms with Crippen molar-refractivity contribution in [2.24, 2.45) is 16.8 Å². The molecule has 1 unspecified atom stereocenters. The molecule has 31 heavy (non-hydrogen) atoms. The summed E-state index contributed by atoms with van der Waals surface area (Å²) in [5, 5.41) is 9.72. The van der Waals surface area contributed by atoms with Gasteiger partial charge in [-0.15, -0.1) is 0 Å². The number of amides is 1. The molecule has 1 aliphatic carbocycles. The van der Waals surface area contributed by atoms with E-state index in [0.29, 0.717) is 25.7 Å². The number of hydrogen-bond acceptors (Lipinski definition) is 3. The molecule has 0 aromatic heterocycles. The van der Waals surface area contributed by atoms with Gasteiger partial charge in [-0.1, -0.05) is 55.8 Å². The van der Waals surface area contributed by atoms with Crippen molar-refractivity contribution in [3.63, 3.8) is 0 Å². The lowest BCUT2D eigenvalue weighted by Gasteiger charge is -2.24. The van der Waals surface area contributed by atoms with Gasteiger partial charge in [0.05, 0.1) is 13.2 Å². The van der Waals surface area contributed by atoms with Crippen LogP contribution in [0.4, 0.5) is 5.69 Å². The van der Waals surface area contributed by atoms with E-state index in [0.717, 1.165) is 43.0 Å². The normalized spacial score (nSPS) is 15.1. The zero-order valence-electron chi connectivity index (χ0n) is 18.6. The number of ether oxygens (including phenoxy) is 1. The molecule has 0 aliphatic heterocycles. The van der Waals surface area contributed by atoms with Gasteiger partial charge in [0.1, 0.15) is 0 Å². The fraction of sp³-hybridized carbons (Fsp3) is 0.440. The van der Waals surface area contributed by atoms with Crippen molar-refractivity contribution in [1.82, 2.24) is 10.6 Å². The van der Waals surface area contributed by atoms with E-state index >= 15 is 0 Å². The monoisotopic (exact) mass is 422 g/mol. The van der Waals surface area contributed by atoms with Gasteiger partial charge in [0.15, 0.2) is 5.96 Å². The van der Waals surface area contributed by atoms with E-state index in [9.17, 15) is 4.79 Å². The zero-order valence-corrected chi connectivity index (χ0v) is 18.6. The summed E-state index contributed by atoms with van der Waals surface area (Å²) in [5.41, 5.74) is 3.13. The van der Waals surface area contributed by atoms with Gasteiger partial charge >= 0.3 is 0 Å². The summed E-state index contributed by atoms with van der Waals surface area (Å²) in [6.45, 7) is 4.87. The minimum Gasteiger partial charge on any atom is -0.376 e. The van der Waals surface area contributed by atoms with Gasteiger partial charge in [0, 0.05) is 31.7 Å². The lowest BCUT2D eigenvalue weighted by Crippen LogP contribution is -2.39. The minimum absolute atomic E-state index is 0.136. The Kier molecular flexibility index (Phi) is 8.91. The molecule has 2 aromatic rings. The van der Waals surface area contributed by atoms with Crippen molar-refractivity contribution in [2.45, 2.75) is 39.3 Å². The molecule has 6 nitrogen and oxygen atoms in total. The standard InChI is InChI=1S/C25H34N4O2/c1-19(17-31-18-20-8-4-3-5-9-20)15-27-25(26-2)28-16-21-10-6-13-23(14-21)29-24(30)22-11-7-12-22/h3-6,8-10,13-14,19,22H,7,11-12,15-18H2,1-2H3,(H,29,30)(H2,26,27,28). The van der Waals surface area contributed by atoms with E-state index in [4.69, 9.17) is 4.74 Å². The van der Waals surface area contributed by atoms with E-state index in [1.165, 1.54) is 5.56 Å². The van der Waals surface area contributed by atoms with Gasteiger partial charge in [-0.2, -0.15) is 0 Å². The first-order chi connectivity index (χ1) is 15.1. The Bertz CT molecular complexity index is 850. The van der Waals surface area contributed by atoms with Crippen LogP contribution in [0.25, 0.3) is 0 Å². The fourth-order valence-corrected chi connectivity index (χ4v) is 3.36. The molecule has 1 aliphatic rings. The molecule has 3 rings (SSSR count). The Labute approximate surface area is 185 Å². The molecule has 1 amide bonds. The van der Waals surface area contributed by atoms with Gasteiger partial charge in [-0.25, -0.2) is 0 Å². The van der Waals surface area contributed by atoms with Crippen molar-refractivity contribution in [2.75, 3.05) is 25.5 Å². The third kappa shape index (κ3) is 7.72. The molecule has 3 N–H and O–H groups in total. The van der Waals surface area contributed by atoms with Crippen LogP contribution in [0, 0.1) is 11.8 Å². The zero-order chi connectivity index (χ0) is 21.9. The van der Waals surface area contributed by atoms with Crippen molar-refractivity contribution in [1.29, 1.82) is 0 Å². The van der Waals surface area contributed by atoms with Crippen LogP contribution in [0.15, 0.2) is 59.6 Å². The largest absolute Gasteiger partial charge is 0.376 e. The molecule has 0 radical (unpaired) electrons. The predicted molar refractivity (Wildman–Crippen MR) is 126 cm³/mol. The van der Waals surface area contributed by atoms with Crippen molar-refractivity contribution in [3.8, 4) is 0 Å². The Balaban J connectivity index is 1.36. The Morgan fingerprint density at radius 1 is 1.10 bits per heavy atom. The van der Waals surface area contributed by atoms with Crippen molar-refractivity contribution >= 4 is 17.6 Å². The molecule has 0 heterocycles. The number of hydrogen-bond donors (Lipinski definition) is 3. The fourth-order valence-electron chi connectivity index (χ4n) is 3.36. The number of nitrogens with zero attached hydrogens (tertiary/aromatic N) is 1. The Morgan fingerprint density at radius 3 is 2.58 bits per heavy atom. The SMILES string of the molecule is CN=C(NCc1cccc(NC(=O)C2CCC2)c1)NCC(C)COCc1ccccc1. The number of carbonyl (C=O) groups excluding carboxylic acids is 1. The van der Waals surface area contributed by atoms with E-state index in [1.807, 2.05) is 42.5 Å². The molecular weight excluding hydrogens is 388 g/mol. The van der Waals surface area contributed by atoms with Crippen LogP contribution in [0.3, 0.4) is 0 Å². The number of benzene rings is 2. The summed E-state index contributed by atoms with van der Waals surface area (Å²) in [5.74, 6) is 1.42. The second-order valence-corrected chi connectivity index (χ2v) is 8.23. The molecule has 2 aromatic carbocycles. The Hall–Kier alpha value is -2.86. The second kappa shape index (κ2) is 12.1. The number of guanidine groups is 1. The molecule has 0 saturated heterocycles. The number of carbonyl (C=O) groups is 1. The maximum absolute atomic E-state index is 12.2. The van der Waals surface area contributed by atoms with E-state index in [-0.39, 0.29) is 11.8 Å². The molecule has 166 valence electrons. The molecule has 6 heteroatoms. The predicted octanol–water partition coefficient (Wildman–Crippen LogP) is 3.94. The molecular formula is C25H34N4O2. The summed E-state index contributed by atoms with van der Waals surface area (Å²) in [7, 11) is 1.77. The molecule has 1 saturated carbocycles. The van der Waals surface area contributed by atoms with Gasteiger partial charge in [0.2, 0.25) is 5.91 Å². The van der Waals surface area contributed by atoms with Crippen LogP contribution in [0.2, 0.25) is 0 Å². The van der Waals surface area contributed by atoms with Gasteiger partial charge in [0.25, 0.3) is 0 Å². The smallest absolute Gasteiger partial charge is 0.227 e. The van der Waals surface area contributed by atoms with Gasteiger partial charge in [-0.05, 0) is 42.0 Å². The van der Waals surface area contributed by atoms with Crippen molar-refractivity contribution in [3.05, 3.63) is 65.7 Å². The van der Waals surface area contributed by atoms with E-state index in [2.05, 4.69) is 40.0 Å². The van der Waals surface area contributed by atoms with E-state index in [1.54, 1.807) is 7.05 Å². The molecule has 1 atom stereocenters. The first-order valence-electron chi connectivity index (χ1n) is 11.1. The summed E-state index contributed by atoms with van der Waals surface area (Å²) < 4.78 is 5.82. The third-order valence-corrected chi connectivity index (χ3v) is 5.49. The van der Waals surface area contributed by atoms with Crippen LogP contribution in [0.1, 0.15) is 37.3 Å². The average Bonchev–Trinajstić information content (AvgIpc) is 2.73. The van der Waals surface area contributed by atoms with Crippen molar-refractivity contribution < 1.29 is 9.53 Å². The van der Waals surface area contributed by atoms with Crippen LogP contribution >= 0.6 is 0 Å². The lowest BCUT2D eigenvalue weighted by molar-refractivity contribution is -0.122. The first kappa shape index (κ1) is 22.8. The van der Waals surface area contributed by atoms with Crippen LogP contribution in [-0.4, -0.2) is 32.1 Å². The van der Waals surface area contributed by atoms with Crippen LogP contribution < -0.4 is 16.0 Å². The second-order valence-electron chi connectivity index (χ2n) is 8.23. The summed E-state index contributed by atoms with van der Waals surface area (Å²) in [6, 6.07) is 18.2. The summed E-state index contributed by atoms with van der Waals surface area (Å²) in [6.07, 6.45) is 3.17. The highest BCUT2D eigenvalue weighted by molar-refractivity contribution is 5.93. The summed E-state index contributed by atoms with van der Waals surface area (Å²) >= 11 is 0. The Morgan fingerprint density at radius 2 is 1.87 bits per heavy atom. The molecule has 1 fully saturated rings. The number of nitrogens with one attached hydrogen (secondary N) is 3. The average molecular weight is 423 g/mol. The molecule has 0 spiro atoms. The summed E-state index contributed by atoms with van der Waals surface area (Å²) in [4.78, 5) is 16.5. The minimum atomic E-state index is 0.136. The highest BCUT2D eigenvalue weighted by Crippen LogP contribution is 2.27. The number of rotatable bonds is 10. The van der Waals surface area contributed by atoms with E-state index < -0.39 is 0 Å². The third-order valence-electron chi connectivity index (χ3n) is 5.49. The maximum Gasteiger partial charge on any atom is 0.227 e. The molecule has 0 bridgehead atoms. The topological polar surface area (TPSA) is 74.8 Å². The first-order valence-corrected chi connectivity index (χ1v) is 11.1. The van der Waals surface area contributed by atoms with Crippen LogP contribution in [0.5, 0.6) is 0 Å². The van der Waals surface area contributed by atoms with Gasteiger partial charge < -0.3 is 20.7 Å². The van der Waals surface area contributed by atoms with Gasteiger partial charge in [-0.3, -0.25) is 9.79 Å². The van der Waals surface area contributed by atoms with Crippen LogP contribution in [-0.2, 0) is 22.7 Å². The highest BCUT2D eigenvalue weighted by Gasteiger charge is 2.25. The quantitative estimate of drug-likeness (QED) is 0.400. The maximum atomic E-state index is 12.2.